The maximum atomic E-state index is 5.31. The highest BCUT2D eigenvalue weighted by Gasteiger charge is 2.23. The van der Waals surface area contributed by atoms with Crippen molar-refractivity contribution in [2.75, 3.05) is 44.7 Å². The molecule has 1 aromatic carbocycles. The molecular weight excluding hydrogens is 264 g/mol. The zero-order chi connectivity index (χ0) is 14.5. The Hall–Kier alpha value is -1.91. The lowest BCUT2D eigenvalue weighted by atomic mass is 10.1. The van der Waals surface area contributed by atoms with Crippen LogP contribution in [0.15, 0.2) is 29.3 Å². The molecule has 2 heterocycles. The Morgan fingerprint density at radius 2 is 2.43 bits per heavy atom. The van der Waals surface area contributed by atoms with Gasteiger partial charge in [-0.2, -0.15) is 0 Å². The number of guanidine groups is 1. The highest BCUT2D eigenvalue weighted by atomic mass is 16.5. The van der Waals surface area contributed by atoms with Crippen LogP contribution in [0.4, 0.5) is 5.69 Å². The van der Waals surface area contributed by atoms with Gasteiger partial charge in [0.05, 0.1) is 7.11 Å². The highest BCUT2D eigenvalue weighted by Crippen LogP contribution is 2.26. The van der Waals surface area contributed by atoms with Gasteiger partial charge in [-0.1, -0.05) is 6.07 Å². The molecule has 1 unspecified atom stereocenters. The van der Waals surface area contributed by atoms with Gasteiger partial charge in [0, 0.05) is 44.5 Å². The predicted molar refractivity (Wildman–Crippen MR) is 86.2 cm³/mol. The molecule has 5 nitrogen and oxygen atoms in total. The molecule has 1 atom stereocenters. The summed E-state index contributed by atoms with van der Waals surface area (Å²) < 4.78 is 5.31. The number of aliphatic imine (C=N–C) groups is 1. The van der Waals surface area contributed by atoms with Crippen LogP contribution in [-0.4, -0.2) is 45.8 Å². The zero-order valence-corrected chi connectivity index (χ0v) is 12.6. The van der Waals surface area contributed by atoms with E-state index in [1.165, 1.54) is 12.1 Å². The van der Waals surface area contributed by atoms with Crippen LogP contribution in [0.2, 0.25) is 0 Å². The van der Waals surface area contributed by atoms with Crippen molar-refractivity contribution < 1.29 is 4.74 Å². The normalized spacial score (nSPS) is 21.7. The summed E-state index contributed by atoms with van der Waals surface area (Å²) in [4.78, 5) is 6.89. The van der Waals surface area contributed by atoms with Gasteiger partial charge in [0.1, 0.15) is 5.75 Å². The van der Waals surface area contributed by atoms with E-state index in [2.05, 4.69) is 38.7 Å². The number of hydrogen-bond acceptors (Lipinski definition) is 5. The average Bonchev–Trinajstić information content (AvgIpc) is 3.03. The summed E-state index contributed by atoms with van der Waals surface area (Å²) in [5.41, 5.74) is 1.25. The van der Waals surface area contributed by atoms with Gasteiger partial charge in [-0.15, -0.1) is 0 Å². The van der Waals surface area contributed by atoms with E-state index in [1.807, 2.05) is 6.07 Å². The molecule has 2 N–H and O–H groups in total. The van der Waals surface area contributed by atoms with E-state index in [4.69, 9.17) is 4.74 Å². The minimum absolute atomic E-state index is 0.669. The second-order valence-corrected chi connectivity index (χ2v) is 5.69. The Morgan fingerprint density at radius 1 is 1.48 bits per heavy atom. The Kier molecular flexibility index (Phi) is 4.48. The van der Waals surface area contributed by atoms with Gasteiger partial charge in [-0.25, -0.2) is 0 Å². The number of anilines is 1. The molecule has 0 aliphatic carbocycles. The third kappa shape index (κ3) is 3.60. The Morgan fingerprint density at radius 3 is 3.24 bits per heavy atom. The lowest BCUT2D eigenvalue weighted by Gasteiger charge is -2.21. The molecule has 21 heavy (non-hydrogen) atoms. The predicted octanol–water partition coefficient (Wildman–Crippen LogP) is 1.46. The third-order valence-electron chi connectivity index (χ3n) is 4.16. The van der Waals surface area contributed by atoms with E-state index in [9.17, 15) is 0 Å². The van der Waals surface area contributed by atoms with Crippen LogP contribution in [0.1, 0.15) is 12.8 Å². The molecule has 114 valence electrons. The first-order chi connectivity index (χ1) is 10.3. The molecule has 5 heteroatoms. The fraction of sp³-hybridized carbons (Fsp3) is 0.562. The van der Waals surface area contributed by atoms with E-state index in [0.717, 1.165) is 50.9 Å². The minimum Gasteiger partial charge on any atom is -0.497 e. The van der Waals surface area contributed by atoms with Crippen LogP contribution in [0.25, 0.3) is 0 Å². The van der Waals surface area contributed by atoms with Crippen molar-refractivity contribution in [3.05, 3.63) is 24.3 Å². The largest absolute Gasteiger partial charge is 0.497 e. The number of rotatable bonds is 4. The molecule has 2 aliphatic rings. The van der Waals surface area contributed by atoms with E-state index >= 15 is 0 Å². The molecule has 1 saturated heterocycles. The second kappa shape index (κ2) is 6.70. The zero-order valence-electron chi connectivity index (χ0n) is 12.6. The van der Waals surface area contributed by atoms with Gasteiger partial charge in [0.25, 0.3) is 0 Å². The molecule has 0 spiro atoms. The van der Waals surface area contributed by atoms with Crippen LogP contribution in [0.5, 0.6) is 5.75 Å². The van der Waals surface area contributed by atoms with Crippen LogP contribution >= 0.6 is 0 Å². The number of hydrogen-bond donors (Lipinski definition) is 2. The van der Waals surface area contributed by atoms with Gasteiger partial charge < -0.3 is 20.3 Å². The van der Waals surface area contributed by atoms with Gasteiger partial charge in [-0.3, -0.25) is 4.99 Å². The molecular formula is C16H24N4O. The van der Waals surface area contributed by atoms with Crippen molar-refractivity contribution in [2.45, 2.75) is 12.8 Å². The number of benzene rings is 1. The summed E-state index contributed by atoms with van der Waals surface area (Å²) in [6.07, 6.45) is 2.36. The van der Waals surface area contributed by atoms with Gasteiger partial charge in [0.15, 0.2) is 5.96 Å². The summed E-state index contributed by atoms with van der Waals surface area (Å²) in [6, 6.07) is 8.32. The van der Waals surface area contributed by atoms with Gasteiger partial charge in [-0.05, 0) is 30.9 Å². The number of ether oxygens (including phenoxy) is 1. The first-order valence-corrected chi connectivity index (χ1v) is 7.76. The van der Waals surface area contributed by atoms with Crippen molar-refractivity contribution in [1.29, 1.82) is 0 Å². The van der Waals surface area contributed by atoms with Crippen LogP contribution < -0.4 is 20.3 Å². The maximum Gasteiger partial charge on any atom is 0.191 e. The fourth-order valence-electron chi connectivity index (χ4n) is 2.93. The molecule has 0 radical (unpaired) electrons. The third-order valence-corrected chi connectivity index (χ3v) is 4.16. The molecule has 0 bridgehead atoms. The Balaban J connectivity index is 1.51. The maximum absolute atomic E-state index is 5.31. The first kappa shape index (κ1) is 14.0. The molecule has 1 aromatic rings. The molecule has 0 saturated carbocycles. The van der Waals surface area contributed by atoms with E-state index < -0.39 is 0 Å². The van der Waals surface area contributed by atoms with E-state index in [-0.39, 0.29) is 0 Å². The Labute approximate surface area is 126 Å². The van der Waals surface area contributed by atoms with Crippen molar-refractivity contribution in [3.63, 3.8) is 0 Å². The molecule has 0 aromatic heterocycles. The van der Waals surface area contributed by atoms with Crippen LogP contribution in [0, 0.1) is 5.92 Å². The van der Waals surface area contributed by atoms with Crippen molar-refractivity contribution >= 4 is 11.6 Å². The minimum atomic E-state index is 0.669. The quantitative estimate of drug-likeness (QED) is 0.881. The van der Waals surface area contributed by atoms with Gasteiger partial charge in [0.2, 0.25) is 0 Å². The lowest BCUT2D eigenvalue weighted by Crippen LogP contribution is -2.43. The number of nitrogens with one attached hydrogen (secondary N) is 2. The van der Waals surface area contributed by atoms with E-state index in [1.54, 1.807) is 7.11 Å². The SMILES string of the molecule is COc1cccc(N2CCC(CNC3=NCCCN3)C2)c1. The molecule has 3 rings (SSSR count). The van der Waals surface area contributed by atoms with Crippen LogP contribution in [0.3, 0.4) is 0 Å². The highest BCUT2D eigenvalue weighted by molar-refractivity contribution is 5.80. The molecule has 0 amide bonds. The number of methoxy groups -OCH3 is 1. The average molecular weight is 288 g/mol. The van der Waals surface area contributed by atoms with Crippen LogP contribution in [-0.2, 0) is 0 Å². The fourth-order valence-corrected chi connectivity index (χ4v) is 2.93. The Bertz CT molecular complexity index is 503. The summed E-state index contributed by atoms with van der Waals surface area (Å²) >= 11 is 0. The summed E-state index contributed by atoms with van der Waals surface area (Å²) in [5, 5.41) is 6.76. The monoisotopic (exact) mass is 288 g/mol. The molecule has 2 aliphatic heterocycles. The first-order valence-electron chi connectivity index (χ1n) is 7.76. The number of nitrogens with zero attached hydrogens (tertiary/aromatic N) is 2. The van der Waals surface area contributed by atoms with E-state index in [0.29, 0.717) is 5.92 Å². The van der Waals surface area contributed by atoms with Gasteiger partial charge >= 0.3 is 0 Å². The second-order valence-electron chi connectivity index (χ2n) is 5.69. The van der Waals surface area contributed by atoms with Crippen molar-refractivity contribution in [2.24, 2.45) is 10.9 Å². The standard InChI is InChI=1S/C16H24N4O/c1-21-15-5-2-4-14(10-15)20-9-6-13(12-20)11-19-16-17-7-3-8-18-16/h2,4-5,10,13H,3,6-9,11-12H2,1H3,(H2,17,18,19). The molecule has 1 fully saturated rings. The summed E-state index contributed by atoms with van der Waals surface area (Å²) in [6.45, 7) is 5.17. The topological polar surface area (TPSA) is 48.9 Å². The lowest BCUT2D eigenvalue weighted by molar-refractivity contribution is 0.415. The summed E-state index contributed by atoms with van der Waals surface area (Å²) in [7, 11) is 1.72. The van der Waals surface area contributed by atoms with Crippen molar-refractivity contribution in [3.8, 4) is 5.75 Å². The smallest absolute Gasteiger partial charge is 0.191 e. The van der Waals surface area contributed by atoms with Crippen molar-refractivity contribution in [1.82, 2.24) is 10.6 Å². The summed E-state index contributed by atoms with van der Waals surface area (Å²) in [5.74, 6) is 2.57.